The predicted octanol–water partition coefficient (Wildman–Crippen LogP) is 1.80. The van der Waals surface area contributed by atoms with E-state index in [0.29, 0.717) is 27.8 Å². The molecule has 0 radical (unpaired) electrons. The summed E-state index contributed by atoms with van der Waals surface area (Å²) in [6.07, 6.45) is 0.155. The highest BCUT2D eigenvalue weighted by Crippen LogP contribution is 2.26. The van der Waals surface area contributed by atoms with E-state index in [9.17, 15) is 9.59 Å². The second-order valence-corrected chi connectivity index (χ2v) is 6.50. The number of aromatic nitrogens is 4. The van der Waals surface area contributed by atoms with E-state index in [1.807, 2.05) is 5.38 Å². The molecule has 27 heavy (non-hydrogen) atoms. The van der Waals surface area contributed by atoms with Gasteiger partial charge < -0.3 is 15.4 Å². The van der Waals surface area contributed by atoms with Crippen LogP contribution in [-0.4, -0.2) is 45.7 Å². The van der Waals surface area contributed by atoms with Crippen LogP contribution in [0.25, 0.3) is 5.69 Å². The standard InChI is InChI=1S/C17H18N6O3S/c1-11-20-21-22-23(11)13-10-12(5-6-14(13)26-2)19-16(24)7-8-18-17(25)15-4-3-9-27-15/h3-6,9-10H,7-8H2,1-2H3,(H,18,25)(H,19,24). The summed E-state index contributed by atoms with van der Waals surface area (Å²) >= 11 is 1.35. The quantitative estimate of drug-likeness (QED) is 0.640. The first-order chi connectivity index (χ1) is 13.1. The van der Waals surface area contributed by atoms with Crippen molar-refractivity contribution in [1.29, 1.82) is 0 Å². The Morgan fingerprint density at radius 1 is 1.30 bits per heavy atom. The maximum absolute atomic E-state index is 12.2. The number of tetrazole rings is 1. The first-order valence-corrected chi connectivity index (χ1v) is 9.01. The molecular formula is C17H18N6O3S. The van der Waals surface area contributed by atoms with Gasteiger partial charge in [-0.1, -0.05) is 6.07 Å². The normalized spacial score (nSPS) is 10.4. The molecule has 0 spiro atoms. The van der Waals surface area contributed by atoms with Crippen LogP contribution in [0.4, 0.5) is 5.69 Å². The molecule has 3 aromatic rings. The first-order valence-electron chi connectivity index (χ1n) is 8.13. The van der Waals surface area contributed by atoms with Crippen LogP contribution in [0.5, 0.6) is 5.75 Å². The lowest BCUT2D eigenvalue weighted by molar-refractivity contribution is -0.116. The molecule has 2 heterocycles. The molecule has 1 aromatic carbocycles. The zero-order valence-corrected chi connectivity index (χ0v) is 15.6. The average molecular weight is 386 g/mol. The Hall–Kier alpha value is -3.27. The largest absolute Gasteiger partial charge is 0.494 e. The number of ether oxygens (including phenoxy) is 1. The van der Waals surface area contributed by atoms with Gasteiger partial charge in [-0.3, -0.25) is 9.59 Å². The van der Waals surface area contributed by atoms with Gasteiger partial charge in [0.2, 0.25) is 5.91 Å². The molecular weight excluding hydrogens is 368 g/mol. The van der Waals surface area contributed by atoms with Crippen LogP contribution in [0.15, 0.2) is 35.7 Å². The van der Waals surface area contributed by atoms with Gasteiger partial charge in [-0.2, -0.15) is 4.68 Å². The predicted molar refractivity (Wildman–Crippen MR) is 100 cm³/mol. The number of methoxy groups -OCH3 is 1. The fourth-order valence-electron chi connectivity index (χ4n) is 2.40. The van der Waals surface area contributed by atoms with Crippen molar-refractivity contribution >= 4 is 28.8 Å². The lowest BCUT2D eigenvalue weighted by atomic mass is 10.2. The van der Waals surface area contributed by atoms with Crippen LogP contribution in [0, 0.1) is 6.92 Å². The molecule has 0 atom stereocenters. The number of carbonyl (C=O) groups excluding carboxylic acids is 2. The van der Waals surface area contributed by atoms with E-state index in [-0.39, 0.29) is 24.8 Å². The number of rotatable bonds is 7. The van der Waals surface area contributed by atoms with Gasteiger partial charge in [0.1, 0.15) is 11.4 Å². The van der Waals surface area contributed by atoms with Crippen LogP contribution in [0.1, 0.15) is 21.9 Å². The highest BCUT2D eigenvalue weighted by molar-refractivity contribution is 7.12. The molecule has 140 valence electrons. The SMILES string of the molecule is COc1ccc(NC(=O)CCNC(=O)c2cccs2)cc1-n1nnnc1C. The van der Waals surface area contributed by atoms with Crippen molar-refractivity contribution in [3.05, 3.63) is 46.4 Å². The number of nitrogens with zero attached hydrogens (tertiary/aromatic N) is 4. The fourth-order valence-corrected chi connectivity index (χ4v) is 3.04. The van der Waals surface area contributed by atoms with Gasteiger partial charge >= 0.3 is 0 Å². The summed E-state index contributed by atoms with van der Waals surface area (Å²) in [5.74, 6) is 0.768. The Balaban J connectivity index is 1.61. The van der Waals surface area contributed by atoms with Crippen molar-refractivity contribution in [1.82, 2.24) is 25.5 Å². The summed E-state index contributed by atoms with van der Waals surface area (Å²) in [5.41, 5.74) is 1.19. The van der Waals surface area contributed by atoms with Gasteiger partial charge in [0.05, 0.1) is 12.0 Å². The van der Waals surface area contributed by atoms with Crippen molar-refractivity contribution in [2.24, 2.45) is 0 Å². The second-order valence-electron chi connectivity index (χ2n) is 5.56. The Morgan fingerprint density at radius 2 is 2.15 bits per heavy atom. The number of anilines is 1. The number of benzene rings is 1. The minimum atomic E-state index is -0.217. The number of aryl methyl sites for hydroxylation is 1. The van der Waals surface area contributed by atoms with E-state index in [2.05, 4.69) is 26.2 Å². The summed E-state index contributed by atoms with van der Waals surface area (Å²) in [4.78, 5) is 24.6. The molecule has 0 saturated heterocycles. The van der Waals surface area contributed by atoms with E-state index in [0.717, 1.165) is 0 Å². The molecule has 2 N–H and O–H groups in total. The maximum atomic E-state index is 12.2. The monoisotopic (exact) mass is 386 g/mol. The van der Waals surface area contributed by atoms with Gasteiger partial charge in [-0.15, -0.1) is 16.4 Å². The molecule has 0 aliphatic rings. The van der Waals surface area contributed by atoms with Gasteiger partial charge in [0.15, 0.2) is 5.82 Å². The number of carbonyl (C=O) groups is 2. The third kappa shape index (κ3) is 4.47. The molecule has 0 unspecified atom stereocenters. The molecule has 10 heteroatoms. The lowest BCUT2D eigenvalue weighted by Gasteiger charge is -2.12. The van der Waals surface area contributed by atoms with E-state index in [1.165, 1.54) is 16.0 Å². The minimum absolute atomic E-state index is 0.155. The molecule has 9 nitrogen and oxygen atoms in total. The van der Waals surface area contributed by atoms with Crippen molar-refractivity contribution < 1.29 is 14.3 Å². The third-order valence-electron chi connectivity index (χ3n) is 3.70. The molecule has 0 aliphatic carbocycles. The molecule has 2 aromatic heterocycles. The first kappa shape index (κ1) is 18.5. The summed E-state index contributed by atoms with van der Waals surface area (Å²) in [6, 6.07) is 8.72. The Bertz CT molecular complexity index is 938. The minimum Gasteiger partial charge on any atom is -0.494 e. The number of hydrogen-bond acceptors (Lipinski definition) is 7. The summed E-state index contributed by atoms with van der Waals surface area (Å²) in [5, 5.41) is 18.8. The highest BCUT2D eigenvalue weighted by atomic mass is 32.1. The van der Waals surface area contributed by atoms with Crippen LogP contribution < -0.4 is 15.4 Å². The molecule has 0 fully saturated rings. The van der Waals surface area contributed by atoms with Crippen molar-refractivity contribution in [2.75, 3.05) is 19.0 Å². The molecule has 0 bridgehead atoms. The molecule has 2 amide bonds. The zero-order chi connectivity index (χ0) is 19.2. The van der Waals surface area contributed by atoms with Crippen molar-refractivity contribution in [3.63, 3.8) is 0 Å². The fraction of sp³-hybridized carbons (Fsp3) is 0.235. The van der Waals surface area contributed by atoms with Crippen LogP contribution in [0.2, 0.25) is 0 Å². The Kier molecular flexibility index (Phi) is 5.77. The Morgan fingerprint density at radius 3 is 2.81 bits per heavy atom. The van der Waals surface area contributed by atoms with E-state index < -0.39 is 0 Å². The highest BCUT2D eigenvalue weighted by Gasteiger charge is 2.13. The zero-order valence-electron chi connectivity index (χ0n) is 14.8. The van der Waals surface area contributed by atoms with Gasteiger partial charge in [-0.25, -0.2) is 0 Å². The smallest absolute Gasteiger partial charge is 0.261 e. The number of hydrogen-bond donors (Lipinski definition) is 2. The molecule has 3 rings (SSSR count). The van der Waals surface area contributed by atoms with Crippen LogP contribution >= 0.6 is 11.3 Å². The number of thiophene rings is 1. The second kappa shape index (κ2) is 8.41. The third-order valence-corrected chi connectivity index (χ3v) is 4.57. The van der Waals surface area contributed by atoms with Crippen LogP contribution in [0.3, 0.4) is 0 Å². The van der Waals surface area contributed by atoms with Crippen molar-refractivity contribution in [2.45, 2.75) is 13.3 Å². The maximum Gasteiger partial charge on any atom is 0.261 e. The lowest BCUT2D eigenvalue weighted by Crippen LogP contribution is -2.27. The van der Waals surface area contributed by atoms with Gasteiger partial charge in [0.25, 0.3) is 5.91 Å². The average Bonchev–Trinajstić information content (AvgIpc) is 3.33. The van der Waals surface area contributed by atoms with E-state index in [4.69, 9.17) is 4.74 Å². The molecule has 0 aliphatic heterocycles. The van der Waals surface area contributed by atoms with Crippen molar-refractivity contribution in [3.8, 4) is 11.4 Å². The summed E-state index contributed by atoms with van der Waals surface area (Å²) in [6.45, 7) is 2.01. The topological polar surface area (TPSA) is 111 Å². The van der Waals surface area contributed by atoms with E-state index in [1.54, 1.807) is 44.4 Å². The summed E-state index contributed by atoms with van der Waals surface area (Å²) in [7, 11) is 1.55. The Labute approximate surface area is 159 Å². The van der Waals surface area contributed by atoms with Gasteiger partial charge in [0, 0.05) is 18.7 Å². The van der Waals surface area contributed by atoms with E-state index >= 15 is 0 Å². The van der Waals surface area contributed by atoms with Crippen LogP contribution in [-0.2, 0) is 4.79 Å². The molecule has 0 saturated carbocycles. The van der Waals surface area contributed by atoms with Gasteiger partial charge in [-0.05, 0) is 47.0 Å². The number of amides is 2. The number of nitrogens with one attached hydrogen (secondary N) is 2. The summed E-state index contributed by atoms with van der Waals surface area (Å²) < 4.78 is 6.86.